The van der Waals surface area contributed by atoms with Crippen LogP contribution < -0.4 is 0 Å². The van der Waals surface area contributed by atoms with E-state index in [-0.39, 0.29) is 29.1 Å². The maximum atomic E-state index is 12.9. The first-order valence-corrected chi connectivity index (χ1v) is 10.8. The Bertz CT molecular complexity index is 792. The van der Waals surface area contributed by atoms with Crippen molar-refractivity contribution in [1.29, 1.82) is 0 Å². The fourth-order valence-electron chi connectivity index (χ4n) is 4.95. The fourth-order valence-corrected chi connectivity index (χ4v) is 4.95. The molecule has 0 aromatic heterocycles. The van der Waals surface area contributed by atoms with E-state index >= 15 is 0 Å². The maximum absolute atomic E-state index is 12.9. The van der Waals surface area contributed by atoms with Crippen molar-refractivity contribution in [1.82, 2.24) is 9.80 Å². The van der Waals surface area contributed by atoms with Gasteiger partial charge in [-0.2, -0.15) is 0 Å². The van der Waals surface area contributed by atoms with E-state index in [9.17, 15) is 14.4 Å². The lowest BCUT2D eigenvalue weighted by molar-refractivity contribution is -0.141. The van der Waals surface area contributed by atoms with Crippen LogP contribution in [0.2, 0.25) is 0 Å². The quantitative estimate of drug-likeness (QED) is 0.732. The number of piperidine rings is 2. The summed E-state index contributed by atoms with van der Waals surface area (Å²) < 4.78 is 5.73. The van der Waals surface area contributed by atoms with Gasteiger partial charge in [0.25, 0.3) is 5.91 Å². The molecule has 6 nitrogen and oxygen atoms in total. The highest BCUT2D eigenvalue weighted by molar-refractivity contribution is 5.99. The van der Waals surface area contributed by atoms with Crippen LogP contribution >= 0.6 is 0 Å². The summed E-state index contributed by atoms with van der Waals surface area (Å²) >= 11 is 0. The van der Waals surface area contributed by atoms with Crippen molar-refractivity contribution >= 4 is 17.6 Å². The molecule has 1 atom stereocenters. The molecular formula is C23H30N2O4. The number of carbonyl (C=O) groups excluding carboxylic acids is 3. The van der Waals surface area contributed by atoms with Gasteiger partial charge < -0.3 is 14.5 Å². The molecule has 0 bridgehead atoms. The van der Waals surface area contributed by atoms with Gasteiger partial charge in [-0.05, 0) is 56.6 Å². The van der Waals surface area contributed by atoms with E-state index in [4.69, 9.17) is 4.74 Å². The number of Topliss-reactive ketones (excluding diaryl/α,β-unsaturated/α-hetero) is 1. The van der Waals surface area contributed by atoms with Crippen LogP contribution in [-0.4, -0.2) is 66.3 Å². The van der Waals surface area contributed by atoms with E-state index in [1.54, 1.807) is 24.3 Å². The number of hydrogen-bond acceptors (Lipinski definition) is 4. The van der Waals surface area contributed by atoms with Crippen molar-refractivity contribution < 1.29 is 19.1 Å². The van der Waals surface area contributed by atoms with Crippen LogP contribution in [0.5, 0.6) is 0 Å². The Hall–Kier alpha value is -2.21. The molecule has 1 spiro atoms. The molecule has 0 N–H and O–H groups in total. The summed E-state index contributed by atoms with van der Waals surface area (Å²) in [6, 6.07) is 6.98. The molecule has 1 aromatic carbocycles. The van der Waals surface area contributed by atoms with Gasteiger partial charge in [0.2, 0.25) is 5.91 Å². The highest BCUT2D eigenvalue weighted by Crippen LogP contribution is 2.40. The van der Waals surface area contributed by atoms with Crippen LogP contribution in [0.1, 0.15) is 66.2 Å². The largest absolute Gasteiger partial charge is 0.376 e. The monoisotopic (exact) mass is 398 g/mol. The van der Waals surface area contributed by atoms with Crippen LogP contribution in [0.15, 0.2) is 24.3 Å². The molecule has 6 heteroatoms. The number of benzene rings is 1. The van der Waals surface area contributed by atoms with E-state index < -0.39 is 0 Å². The predicted molar refractivity (Wildman–Crippen MR) is 109 cm³/mol. The zero-order chi connectivity index (χ0) is 20.4. The molecule has 3 fully saturated rings. The molecule has 3 aliphatic rings. The van der Waals surface area contributed by atoms with E-state index in [1.165, 1.54) is 6.92 Å². The molecule has 3 aliphatic heterocycles. The second kappa shape index (κ2) is 8.27. The van der Waals surface area contributed by atoms with Crippen LogP contribution in [0.4, 0.5) is 0 Å². The third kappa shape index (κ3) is 4.37. The minimum Gasteiger partial charge on any atom is -0.376 e. The number of carbonyl (C=O) groups is 3. The minimum atomic E-state index is -0.0320. The van der Waals surface area contributed by atoms with Crippen molar-refractivity contribution in [2.24, 2.45) is 5.41 Å². The van der Waals surface area contributed by atoms with Crippen molar-refractivity contribution in [3.63, 3.8) is 0 Å². The molecule has 0 aliphatic carbocycles. The lowest BCUT2D eigenvalue weighted by atomic mass is 9.72. The fraction of sp³-hybridized carbons (Fsp3) is 0.609. The summed E-state index contributed by atoms with van der Waals surface area (Å²) in [7, 11) is 0. The van der Waals surface area contributed by atoms with Crippen LogP contribution in [-0.2, 0) is 9.53 Å². The van der Waals surface area contributed by atoms with Gasteiger partial charge in [-0.15, -0.1) is 0 Å². The molecule has 4 rings (SSSR count). The number of likely N-dealkylation sites (tertiary alicyclic amines) is 2. The average Bonchev–Trinajstić information content (AvgIpc) is 3.24. The van der Waals surface area contributed by atoms with Crippen LogP contribution in [0, 0.1) is 5.41 Å². The Kier molecular flexibility index (Phi) is 5.72. The van der Waals surface area contributed by atoms with E-state index in [1.807, 2.05) is 9.80 Å². The van der Waals surface area contributed by atoms with Crippen molar-refractivity contribution in [2.45, 2.75) is 51.6 Å². The SMILES string of the molecule is CC(=O)c1cccc(C(=O)N2CCC3(CCC(=O)N(C[C@@H]4CCCO4)C3)CC2)c1. The predicted octanol–water partition coefficient (Wildman–Crippen LogP) is 2.91. The molecular weight excluding hydrogens is 368 g/mol. The summed E-state index contributed by atoms with van der Waals surface area (Å²) in [5.41, 5.74) is 1.26. The molecule has 156 valence electrons. The molecule has 1 aromatic rings. The van der Waals surface area contributed by atoms with Crippen LogP contribution in [0.3, 0.4) is 0 Å². The van der Waals surface area contributed by atoms with Crippen molar-refractivity contribution in [3.8, 4) is 0 Å². The Balaban J connectivity index is 1.38. The van der Waals surface area contributed by atoms with E-state index in [0.29, 0.717) is 37.2 Å². The van der Waals surface area contributed by atoms with Gasteiger partial charge in [-0.25, -0.2) is 0 Å². The summed E-state index contributed by atoms with van der Waals surface area (Å²) in [5.74, 6) is 0.201. The van der Waals surface area contributed by atoms with E-state index in [0.717, 1.165) is 45.3 Å². The third-order valence-corrected chi connectivity index (χ3v) is 6.82. The Labute approximate surface area is 172 Å². The van der Waals surface area contributed by atoms with Gasteiger partial charge in [-0.3, -0.25) is 14.4 Å². The van der Waals surface area contributed by atoms with Gasteiger partial charge >= 0.3 is 0 Å². The van der Waals surface area contributed by atoms with Gasteiger partial charge in [0, 0.05) is 50.3 Å². The zero-order valence-electron chi connectivity index (χ0n) is 17.2. The molecule has 3 saturated heterocycles. The third-order valence-electron chi connectivity index (χ3n) is 6.82. The number of ketones is 1. The number of ether oxygens (including phenoxy) is 1. The molecule has 0 unspecified atom stereocenters. The summed E-state index contributed by atoms with van der Waals surface area (Å²) in [6.07, 6.45) is 5.65. The first kappa shape index (κ1) is 20.1. The van der Waals surface area contributed by atoms with Crippen LogP contribution in [0.25, 0.3) is 0 Å². The Morgan fingerprint density at radius 2 is 1.93 bits per heavy atom. The lowest BCUT2D eigenvalue weighted by Gasteiger charge is -2.47. The van der Waals surface area contributed by atoms with Gasteiger partial charge in [0.05, 0.1) is 6.10 Å². The molecule has 2 amide bonds. The standard InChI is InChI=1S/C23H30N2O4/c1-17(26)18-4-2-5-19(14-18)22(28)24-11-9-23(10-12-24)8-7-21(27)25(16-23)15-20-6-3-13-29-20/h2,4-5,14,20H,3,6-13,15-16H2,1H3/t20-/m0/s1. The molecule has 0 radical (unpaired) electrons. The second-order valence-corrected chi connectivity index (χ2v) is 8.84. The topological polar surface area (TPSA) is 66.9 Å². The zero-order valence-corrected chi connectivity index (χ0v) is 17.2. The first-order valence-electron chi connectivity index (χ1n) is 10.8. The highest BCUT2D eigenvalue weighted by atomic mass is 16.5. The summed E-state index contributed by atoms with van der Waals surface area (Å²) in [4.78, 5) is 40.9. The Morgan fingerprint density at radius 1 is 1.17 bits per heavy atom. The summed E-state index contributed by atoms with van der Waals surface area (Å²) in [6.45, 7) is 5.21. The smallest absolute Gasteiger partial charge is 0.253 e. The Morgan fingerprint density at radius 3 is 2.62 bits per heavy atom. The highest BCUT2D eigenvalue weighted by Gasteiger charge is 2.42. The number of rotatable bonds is 4. The number of hydrogen-bond donors (Lipinski definition) is 0. The van der Waals surface area contributed by atoms with Gasteiger partial charge in [0.15, 0.2) is 5.78 Å². The number of amides is 2. The van der Waals surface area contributed by atoms with Crippen molar-refractivity contribution in [3.05, 3.63) is 35.4 Å². The maximum Gasteiger partial charge on any atom is 0.253 e. The van der Waals surface area contributed by atoms with Crippen molar-refractivity contribution in [2.75, 3.05) is 32.8 Å². The second-order valence-electron chi connectivity index (χ2n) is 8.84. The minimum absolute atomic E-state index is 0.00829. The molecule has 3 heterocycles. The van der Waals surface area contributed by atoms with E-state index in [2.05, 4.69) is 0 Å². The summed E-state index contributed by atoms with van der Waals surface area (Å²) in [5, 5.41) is 0. The van der Waals surface area contributed by atoms with Gasteiger partial charge in [-0.1, -0.05) is 12.1 Å². The van der Waals surface area contributed by atoms with Gasteiger partial charge in [0.1, 0.15) is 0 Å². The lowest BCUT2D eigenvalue weighted by Crippen LogP contribution is -2.53. The normalized spacial score (nSPS) is 24.2. The molecule has 0 saturated carbocycles. The average molecular weight is 399 g/mol. The number of nitrogens with zero attached hydrogens (tertiary/aromatic N) is 2. The molecule has 29 heavy (non-hydrogen) atoms. The first-order chi connectivity index (χ1) is 14.0.